The first-order valence-electron chi connectivity index (χ1n) is 6.39. The smallest absolute Gasteiger partial charge is 0.250 e. The van der Waals surface area contributed by atoms with Crippen molar-refractivity contribution in [3.05, 3.63) is 45.8 Å². The minimum Gasteiger partial charge on any atom is -0.325 e. The molecule has 0 atom stereocenters. The molecule has 0 radical (unpaired) electrons. The van der Waals surface area contributed by atoms with Crippen LogP contribution in [0.15, 0.2) is 34.5 Å². The Bertz CT molecular complexity index is 780. The van der Waals surface area contributed by atoms with Crippen LogP contribution >= 0.6 is 22.9 Å². The van der Waals surface area contributed by atoms with Gasteiger partial charge in [0.05, 0.1) is 10.9 Å². The van der Waals surface area contributed by atoms with Gasteiger partial charge < -0.3 is 5.32 Å². The van der Waals surface area contributed by atoms with E-state index < -0.39 is 15.9 Å². The molecule has 2 rings (SSSR count). The van der Waals surface area contributed by atoms with Crippen LogP contribution < -0.4 is 10.0 Å². The lowest BCUT2D eigenvalue weighted by Crippen LogP contribution is -2.32. The predicted octanol–water partition coefficient (Wildman–Crippen LogP) is 2.94. The van der Waals surface area contributed by atoms with Gasteiger partial charge in [0.2, 0.25) is 5.91 Å². The van der Waals surface area contributed by atoms with Crippen LogP contribution in [0.2, 0.25) is 4.34 Å². The molecule has 0 bridgehead atoms. The average molecular weight is 359 g/mol. The van der Waals surface area contributed by atoms with E-state index in [0.29, 0.717) is 10.0 Å². The summed E-state index contributed by atoms with van der Waals surface area (Å²) in [5, 5.41) is 2.66. The second-order valence-corrected chi connectivity index (χ2v) is 8.52. The number of hydrogen-bond donors (Lipinski definition) is 2. The third-order valence-corrected chi connectivity index (χ3v) is 5.87. The molecule has 2 aromatic rings. The summed E-state index contributed by atoms with van der Waals surface area (Å²) in [4.78, 5) is 11.9. The molecule has 0 aliphatic carbocycles. The van der Waals surface area contributed by atoms with E-state index in [4.69, 9.17) is 11.6 Å². The lowest BCUT2D eigenvalue weighted by molar-refractivity contribution is -0.115. The van der Waals surface area contributed by atoms with Gasteiger partial charge in [0, 0.05) is 5.69 Å². The monoisotopic (exact) mass is 358 g/mol. The van der Waals surface area contributed by atoms with Crippen molar-refractivity contribution in [1.82, 2.24) is 4.72 Å². The standard InChI is InChI=1S/C14H15ClN2O3S2/c1-9-5-10(2)7-11(6-9)17-13(18)8-16-22(19,20)14-4-3-12(15)21-14/h3-7,16H,8H2,1-2H3,(H,17,18). The van der Waals surface area contributed by atoms with Gasteiger partial charge in [-0.25, -0.2) is 13.1 Å². The van der Waals surface area contributed by atoms with E-state index in [9.17, 15) is 13.2 Å². The van der Waals surface area contributed by atoms with E-state index >= 15 is 0 Å². The molecule has 5 nitrogen and oxygen atoms in total. The van der Waals surface area contributed by atoms with Crippen LogP contribution in [0.1, 0.15) is 11.1 Å². The molecule has 0 saturated heterocycles. The van der Waals surface area contributed by atoms with Gasteiger partial charge in [-0.2, -0.15) is 0 Å². The maximum absolute atomic E-state index is 12.0. The number of aryl methyl sites for hydroxylation is 2. The maximum atomic E-state index is 12.0. The largest absolute Gasteiger partial charge is 0.325 e. The number of benzene rings is 1. The molecule has 0 aliphatic heterocycles. The van der Waals surface area contributed by atoms with Gasteiger partial charge in [-0.15, -0.1) is 11.3 Å². The number of anilines is 1. The third-order valence-electron chi connectivity index (χ3n) is 2.74. The molecule has 8 heteroatoms. The number of thiophene rings is 1. The van der Waals surface area contributed by atoms with E-state index in [1.165, 1.54) is 12.1 Å². The topological polar surface area (TPSA) is 75.3 Å². The summed E-state index contributed by atoms with van der Waals surface area (Å²) in [6, 6.07) is 8.52. The lowest BCUT2D eigenvalue weighted by Gasteiger charge is -2.08. The molecule has 0 saturated carbocycles. The Labute approximate surface area is 138 Å². The first-order valence-corrected chi connectivity index (χ1v) is 9.07. The summed E-state index contributed by atoms with van der Waals surface area (Å²) in [6.45, 7) is 3.50. The zero-order valence-electron chi connectivity index (χ0n) is 12.0. The fraction of sp³-hybridized carbons (Fsp3) is 0.214. The molecule has 1 heterocycles. The number of sulfonamides is 1. The lowest BCUT2D eigenvalue weighted by atomic mass is 10.1. The summed E-state index contributed by atoms with van der Waals surface area (Å²) in [7, 11) is -3.72. The van der Waals surface area contributed by atoms with Gasteiger partial charge in [-0.05, 0) is 49.2 Å². The second-order valence-electron chi connectivity index (χ2n) is 4.81. The van der Waals surface area contributed by atoms with Crippen molar-refractivity contribution in [2.24, 2.45) is 0 Å². The number of hydrogen-bond acceptors (Lipinski definition) is 4. The summed E-state index contributed by atoms with van der Waals surface area (Å²) in [5.74, 6) is -0.434. The van der Waals surface area contributed by atoms with Crippen molar-refractivity contribution in [2.45, 2.75) is 18.1 Å². The minimum atomic E-state index is -3.72. The highest BCUT2D eigenvalue weighted by molar-refractivity contribution is 7.91. The zero-order chi connectivity index (χ0) is 16.3. The van der Waals surface area contributed by atoms with E-state index in [1.807, 2.05) is 32.0 Å². The Morgan fingerprint density at radius 1 is 1.18 bits per heavy atom. The van der Waals surface area contributed by atoms with Gasteiger partial charge in [-0.3, -0.25) is 4.79 Å². The Morgan fingerprint density at radius 3 is 2.36 bits per heavy atom. The first kappa shape index (κ1) is 17.0. The van der Waals surface area contributed by atoms with Gasteiger partial charge in [0.15, 0.2) is 0 Å². The fourth-order valence-corrected chi connectivity index (χ4v) is 4.44. The number of carbonyl (C=O) groups is 1. The molecular weight excluding hydrogens is 344 g/mol. The van der Waals surface area contributed by atoms with E-state index in [2.05, 4.69) is 10.0 Å². The Morgan fingerprint density at radius 2 is 1.82 bits per heavy atom. The SMILES string of the molecule is Cc1cc(C)cc(NC(=O)CNS(=O)(=O)c2ccc(Cl)s2)c1. The van der Waals surface area contributed by atoms with Crippen LogP contribution in [-0.4, -0.2) is 20.9 Å². The van der Waals surface area contributed by atoms with Gasteiger partial charge in [0.1, 0.15) is 4.21 Å². The molecular formula is C14H15ClN2O3S2. The summed E-state index contributed by atoms with van der Waals surface area (Å²) in [5.41, 5.74) is 2.68. The van der Waals surface area contributed by atoms with Crippen molar-refractivity contribution in [3.63, 3.8) is 0 Å². The van der Waals surface area contributed by atoms with Crippen LogP contribution in [0, 0.1) is 13.8 Å². The van der Waals surface area contributed by atoms with Crippen molar-refractivity contribution >= 4 is 44.6 Å². The number of nitrogens with one attached hydrogen (secondary N) is 2. The van der Waals surface area contributed by atoms with E-state index in [0.717, 1.165) is 22.5 Å². The molecule has 0 fully saturated rings. The summed E-state index contributed by atoms with van der Waals surface area (Å²) in [6.07, 6.45) is 0. The number of amides is 1. The zero-order valence-corrected chi connectivity index (χ0v) is 14.4. The van der Waals surface area contributed by atoms with Crippen molar-refractivity contribution in [3.8, 4) is 0 Å². The maximum Gasteiger partial charge on any atom is 0.250 e. The molecule has 118 valence electrons. The quantitative estimate of drug-likeness (QED) is 0.862. The molecule has 1 aromatic heterocycles. The molecule has 2 N–H and O–H groups in total. The Hall–Kier alpha value is -1.41. The average Bonchev–Trinajstić information content (AvgIpc) is 2.83. The number of rotatable bonds is 5. The fourth-order valence-electron chi connectivity index (χ4n) is 1.93. The highest BCUT2D eigenvalue weighted by Gasteiger charge is 2.17. The van der Waals surface area contributed by atoms with Crippen molar-refractivity contribution in [2.75, 3.05) is 11.9 Å². The predicted molar refractivity (Wildman–Crippen MR) is 89.1 cm³/mol. The van der Waals surface area contributed by atoms with Crippen molar-refractivity contribution < 1.29 is 13.2 Å². The number of carbonyl (C=O) groups excluding carboxylic acids is 1. The van der Waals surface area contributed by atoms with E-state index in [-0.39, 0.29) is 10.8 Å². The Balaban J connectivity index is 1.98. The second kappa shape index (κ2) is 6.78. The van der Waals surface area contributed by atoms with Crippen LogP contribution in [0.5, 0.6) is 0 Å². The van der Waals surface area contributed by atoms with Gasteiger partial charge in [-0.1, -0.05) is 17.7 Å². The summed E-state index contributed by atoms with van der Waals surface area (Å²) >= 11 is 6.65. The molecule has 1 amide bonds. The summed E-state index contributed by atoms with van der Waals surface area (Å²) < 4.78 is 26.6. The van der Waals surface area contributed by atoms with Crippen LogP contribution in [0.4, 0.5) is 5.69 Å². The molecule has 0 spiro atoms. The van der Waals surface area contributed by atoms with Crippen LogP contribution in [0.25, 0.3) is 0 Å². The Kier molecular flexibility index (Phi) is 5.23. The van der Waals surface area contributed by atoms with Gasteiger partial charge >= 0.3 is 0 Å². The first-order chi connectivity index (χ1) is 10.3. The van der Waals surface area contributed by atoms with Crippen LogP contribution in [-0.2, 0) is 14.8 Å². The van der Waals surface area contributed by atoms with Crippen LogP contribution in [0.3, 0.4) is 0 Å². The molecule has 22 heavy (non-hydrogen) atoms. The van der Waals surface area contributed by atoms with E-state index in [1.54, 1.807) is 0 Å². The highest BCUT2D eigenvalue weighted by atomic mass is 35.5. The highest BCUT2D eigenvalue weighted by Crippen LogP contribution is 2.25. The molecule has 1 aromatic carbocycles. The van der Waals surface area contributed by atoms with Crippen molar-refractivity contribution in [1.29, 1.82) is 0 Å². The minimum absolute atomic E-state index is 0.0803. The normalized spacial score (nSPS) is 11.4. The molecule has 0 unspecified atom stereocenters. The molecule has 0 aliphatic rings. The third kappa shape index (κ3) is 4.54. The number of halogens is 1. The van der Waals surface area contributed by atoms with Gasteiger partial charge in [0.25, 0.3) is 10.0 Å².